The van der Waals surface area contributed by atoms with Crippen LogP contribution in [0.25, 0.3) is 60.0 Å². The maximum Gasteiger partial charge on any atom is 0.294 e. The maximum atomic E-state index is 6.45. The summed E-state index contributed by atoms with van der Waals surface area (Å²) < 4.78 is 10.9. The van der Waals surface area contributed by atoms with Gasteiger partial charge in [-0.2, -0.15) is 4.40 Å². The van der Waals surface area contributed by atoms with Crippen molar-refractivity contribution in [2.24, 2.45) is 7.05 Å². The second-order valence-corrected chi connectivity index (χ2v) is 8.23. The number of hydrogen-bond acceptors (Lipinski definition) is 1. The highest BCUT2D eigenvalue weighted by atomic mass is 16.3. The van der Waals surface area contributed by atoms with Gasteiger partial charge < -0.3 is 4.42 Å². The number of aryl methyl sites for hydroxylation is 2. The van der Waals surface area contributed by atoms with Crippen LogP contribution in [-0.2, 0) is 7.05 Å². The first-order valence-electron chi connectivity index (χ1n) is 10.3. The largest absolute Gasteiger partial charge is 0.455 e. The third kappa shape index (κ3) is 1.87. The predicted octanol–water partition coefficient (Wildman–Crippen LogP) is 6.43. The van der Waals surface area contributed by atoms with E-state index in [0.717, 1.165) is 16.6 Å². The van der Waals surface area contributed by atoms with Crippen molar-refractivity contribution < 1.29 is 8.98 Å². The zero-order chi connectivity index (χ0) is 20.0. The summed E-state index contributed by atoms with van der Waals surface area (Å²) in [5.41, 5.74) is 5.56. The highest BCUT2D eigenvalue weighted by molar-refractivity contribution is 6.21. The van der Waals surface area contributed by atoms with E-state index in [1.54, 1.807) is 0 Å². The Morgan fingerprint density at radius 2 is 1.67 bits per heavy atom. The Bertz CT molecular complexity index is 1820. The summed E-state index contributed by atoms with van der Waals surface area (Å²) in [6.07, 6.45) is 4.27. The second-order valence-electron chi connectivity index (χ2n) is 8.23. The Morgan fingerprint density at radius 3 is 2.60 bits per heavy atom. The molecule has 4 aromatic carbocycles. The van der Waals surface area contributed by atoms with Gasteiger partial charge >= 0.3 is 0 Å². The molecule has 0 amide bonds. The van der Waals surface area contributed by atoms with Crippen LogP contribution in [-0.4, -0.2) is 4.40 Å². The predicted molar refractivity (Wildman–Crippen MR) is 123 cm³/mol. The SMILES string of the molecule is Cc1cccc2c3cc4c(cc3n3cc[n+](C)c3c12)oc1c2ccccc2ccc41. The quantitative estimate of drug-likeness (QED) is 0.217. The lowest BCUT2D eigenvalue weighted by atomic mass is 10.00. The number of imidazole rings is 1. The van der Waals surface area contributed by atoms with E-state index in [4.69, 9.17) is 4.42 Å². The van der Waals surface area contributed by atoms with Crippen molar-refractivity contribution in [2.75, 3.05) is 0 Å². The number of furan rings is 1. The molecule has 0 bridgehead atoms. The van der Waals surface area contributed by atoms with Crippen molar-refractivity contribution >= 4 is 60.0 Å². The molecule has 3 heteroatoms. The number of nitrogens with zero attached hydrogens (tertiary/aromatic N) is 2. The Hall–Kier alpha value is -3.85. The van der Waals surface area contributed by atoms with Crippen LogP contribution in [0.3, 0.4) is 0 Å². The number of rotatable bonds is 0. The van der Waals surface area contributed by atoms with Crippen molar-refractivity contribution in [3.8, 4) is 0 Å². The van der Waals surface area contributed by atoms with Crippen LogP contribution >= 0.6 is 0 Å². The second kappa shape index (κ2) is 5.39. The maximum absolute atomic E-state index is 6.45. The van der Waals surface area contributed by atoms with Crippen molar-refractivity contribution in [1.82, 2.24) is 4.40 Å². The molecule has 0 aliphatic carbocycles. The van der Waals surface area contributed by atoms with Gasteiger partial charge in [0, 0.05) is 33.0 Å². The van der Waals surface area contributed by atoms with E-state index in [0.29, 0.717) is 0 Å². The van der Waals surface area contributed by atoms with E-state index >= 15 is 0 Å². The molecule has 0 saturated carbocycles. The van der Waals surface area contributed by atoms with Gasteiger partial charge in [-0.15, -0.1) is 0 Å². The molecule has 0 spiro atoms. The van der Waals surface area contributed by atoms with Gasteiger partial charge in [-0.1, -0.05) is 48.5 Å². The summed E-state index contributed by atoms with van der Waals surface area (Å²) in [6.45, 7) is 2.19. The Balaban J connectivity index is 1.77. The summed E-state index contributed by atoms with van der Waals surface area (Å²) in [6, 6.07) is 23.9. The average molecular weight is 387 g/mol. The van der Waals surface area contributed by atoms with E-state index in [1.807, 2.05) is 0 Å². The van der Waals surface area contributed by atoms with Crippen LogP contribution < -0.4 is 4.57 Å². The van der Waals surface area contributed by atoms with Crippen LogP contribution in [0.4, 0.5) is 0 Å². The lowest BCUT2D eigenvalue weighted by Gasteiger charge is -2.07. The van der Waals surface area contributed by atoms with Gasteiger partial charge in [0.25, 0.3) is 5.65 Å². The number of benzene rings is 4. The van der Waals surface area contributed by atoms with Gasteiger partial charge in [-0.05, 0) is 30.0 Å². The summed E-state index contributed by atoms with van der Waals surface area (Å²) in [7, 11) is 2.11. The van der Waals surface area contributed by atoms with Crippen molar-refractivity contribution in [1.29, 1.82) is 0 Å². The fourth-order valence-electron chi connectivity index (χ4n) is 5.11. The van der Waals surface area contributed by atoms with Crippen molar-refractivity contribution in [2.45, 2.75) is 6.92 Å². The van der Waals surface area contributed by atoms with Gasteiger partial charge in [-0.25, -0.2) is 4.57 Å². The molecule has 30 heavy (non-hydrogen) atoms. The molecule has 0 radical (unpaired) electrons. The molecule has 0 atom stereocenters. The summed E-state index contributed by atoms with van der Waals surface area (Å²) in [5, 5.41) is 8.54. The number of aromatic nitrogens is 2. The first-order chi connectivity index (χ1) is 14.7. The molecule has 0 fully saturated rings. The summed E-state index contributed by atoms with van der Waals surface area (Å²) >= 11 is 0. The minimum Gasteiger partial charge on any atom is -0.455 e. The van der Waals surface area contributed by atoms with Crippen molar-refractivity contribution in [3.05, 3.63) is 84.7 Å². The number of fused-ring (bicyclic) bond motifs is 11. The third-order valence-corrected chi connectivity index (χ3v) is 6.53. The lowest BCUT2D eigenvalue weighted by molar-refractivity contribution is -0.643. The molecular formula is C27H19N2O+. The van der Waals surface area contributed by atoms with Gasteiger partial charge in [0.1, 0.15) is 29.1 Å². The molecule has 3 heterocycles. The molecule has 7 aromatic rings. The van der Waals surface area contributed by atoms with Gasteiger partial charge in [0.15, 0.2) is 0 Å². The Kier molecular flexibility index (Phi) is 2.88. The molecule has 0 N–H and O–H groups in total. The third-order valence-electron chi connectivity index (χ3n) is 6.53. The molecule has 0 aliphatic heterocycles. The van der Waals surface area contributed by atoms with Crippen LogP contribution in [0, 0.1) is 6.92 Å². The number of pyridine rings is 1. The molecule has 3 nitrogen and oxygen atoms in total. The van der Waals surface area contributed by atoms with Crippen LogP contribution in [0.1, 0.15) is 5.56 Å². The molecule has 3 aromatic heterocycles. The van der Waals surface area contributed by atoms with Gasteiger partial charge in [0.2, 0.25) is 0 Å². The highest BCUT2D eigenvalue weighted by Crippen LogP contribution is 2.38. The molecular weight excluding hydrogens is 368 g/mol. The molecule has 0 unspecified atom stereocenters. The highest BCUT2D eigenvalue weighted by Gasteiger charge is 2.21. The minimum absolute atomic E-state index is 0.929. The zero-order valence-electron chi connectivity index (χ0n) is 16.8. The first kappa shape index (κ1) is 16.0. The van der Waals surface area contributed by atoms with E-state index in [9.17, 15) is 0 Å². The monoisotopic (exact) mass is 387 g/mol. The Morgan fingerprint density at radius 1 is 0.800 bits per heavy atom. The van der Waals surface area contributed by atoms with Gasteiger partial charge in [0.05, 0.1) is 12.4 Å². The standard InChI is InChI=1S/C27H19N2O/c1-16-6-5-9-19-21-14-22-20-11-10-17-7-3-4-8-18(17)26(20)30-24(22)15-23(21)29-13-12-28(2)27(29)25(16)19/h3-15H,1-2H3/q+1. The van der Waals surface area contributed by atoms with E-state index in [2.05, 4.69) is 102 Å². The van der Waals surface area contributed by atoms with E-state index in [1.165, 1.54) is 49.0 Å². The first-order valence-corrected chi connectivity index (χ1v) is 10.3. The van der Waals surface area contributed by atoms with Crippen LogP contribution in [0.5, 0.6) is 0 Å². The average Bonchev–Trinajstić information content (AvgIpc) is 3.33. The number of hydrogen-bond donors (Lipinski definition) is 0. The normalized spacial score (nSPS) is 12.3. The fourth-order valence-corrected chi connectivity index (χ4v) is 5.11. The fraction of sp³-hybridized carbons (Fsp3) is 0.0741. The van der Waals surface area contributed by atoms with E-state index < -0.39 is 0 Å². The minimum atomic E-state index is 0.929. The van der Waals surface area contributed by atoms with E-state index in [-0.39, 0.29) is 0 Å². The van der Waals surface area contributed by atoms with Gasteiger partial charge in [-0.3, -0.25) is 0 Å². The zero-order valence-corrected chi connectivity index (χ0v) is 16.8. The molecule has 7 rings (SSSR count). The smallest absolute Gasteiger partial charge is 0.294 e. The molecule has 0 saturated heterocycles. The molecule has 142 valence electrons. The lowest BCUT2D eigenvalue weighted by Crippen LogP contribution is -2.26. The summed E-state index contributed by atoms with van der Waals surface area (Å²) in [4.78, 5) is 0. The topological polar surface area (TPSA) is 21.4 Å². The van der Waals surface area contributed by atoms with Crippen LogP contribution in [0.2, 0.25) is 0 Å². The van der Waals surface area contributed by atoms with Crippen molar-refractivity contribution in [3.63, 3.8) is 0 Å². The molecule has 0 aliphatic rings. The summed E-state index contributed by atoms with van der Waals surface area (Å²) in [5.74, 6) is 0. The Labute approximate surface area is 172 Å². The van der Waals surface area contributed by atoms with Crippen LogP contribution in [0.15, 0.2) is 83.5 Å².